The van der Waals surface area contributed by atoms with Crippen LogP contribution in [0.25, 0.3) is 33.5 Å². The van der Waals surface area contributed by atoms with Crippen LogP contribution in [0.5, 0.6) is 5.75 Å². The van der Waals surface area contributed by atoms with Gasteiger partial charge in [0.15, 0.2) is 16.9 Å². The minimum atomic E-state index is -0.551. The molecule has 8 nitrogen and oxygen atoms in total. The number of aromatic amines is 1. The van der Waals surface area contributed by atoms with Crippen molar-refractivity contribution >= 4 is 39.8 Å². The molecule has 3 aromatic heterocycles. The van der Waals surface area contributed by atoms with Crippen LogP contribution in [-0.2, 0) is 13.5 Å². The molecular formula is C24H21ClN6O2. The highest BCUT2D eigenvalue weighted by molar-refractivity contribution is 6.31. The second-order valence-corrected chi connectivity index (χ2v) is 8.30. The number of aryl methyl sites for hydroxylation is 1. The van der Waals surface area contributed by atoms with Gasteiger partial charge in [-0.1, -0.05) is 41.9 Å². The lowest BCUT2D eigenvalue weighted by Crippen LogP contribution is -2.36. The minimum Gasteiger partial charge on any atom is -0.406 e. The normalized spacial score (nSPS) is 12.2. The summed E-state index contributed by atoms with van der Waals surface area (Å²) in [7, 11) is 1.85. The van der Waals surface area contributed by atoms with E-state index in [1.807, 2.05) is 62.5 Å². The Morgan fingerprint density at radius 1 is 1.24 bits per heavy atom. The van der Waals surface area contributed by atoms with Crippen molar-refractivity contribution in [1.82, 2.24) is 30.0 Å². The second-order valence-electron chi connectivity index (χ2n) is 7.86. The van der Waals surface area contributed by atoms with Crippen molar-refractivity contribution in [2.45, 2.75) is 19.4 Å². The Morgan fingerprint density at radius 3 is 2.88 bits per heavy atom. The molecule has 5 rings (SSSR count). The fraction of sp³-hybridized carbons (Fsp3) is 0.167. The third kappa shape index (κ3) is 4.25. The van der Waals surface area contributed by atoms with Crippen molar-refractivity contribution in [3.8, 4) is 17.1 Å². The van der Waals surface area contributed by atoms with Gasteiger partial charge in [-0.3, -0.25) is 4.68 Å². The number of H-pyrrole nitrogens is 1. The lowest BCUT2D eigenvalue weighted by Gasteiger charge is -2.13. The van der Waals surface area contributed by atoms with Crippen molar-refractivity contribution < 1.29 is 9.53 Å². The number of carbonyl (C=O) groups is 1. The zero-order chi connectivity index (χ0) is 22.9. The molecular weight excluding hydrogens is 440 g/mol. The van der Waals surface area contributed by atoms with E-state index in [0.29, 0.717) is 39.7 Å². The molecule has 0 spiro atoms. The van der Waals surface area contributed by atoms with Gasteiger partial charge in [0, 0.05) is 29.7 Å². The number of halogens is 1. The lowest BCUT2D eigenvalue weighted by atomic mass is 10.1. The largest absolute Gasteiger partial charge is 0.412 e. The van der Waals surface area contributed by atoms with E-state index in [4.69, 9.17) is 16.3 Å². The van der Waals surface area contributed by atoms with Gasteiger partial charge >= 0.3 is 6.09 Å². The number of nitrogens with one attached hydrogen (secondary N) is 2. The van der Waals surface area contributed by atoms with E-state index < -0.39 is 6.09 Å². The molecule has 0 aliphatic heterocycles. The first-order valence-corrected chi connectivity index (χ1v) is 10.8. The summed E-state index contributed by atoms with van der Waals surface area (Å²) >= 11 is 6.13. The third-order valence-electron chi connectivity index (χ3n) is 5.35. The van der Waals surface area contributed by atoms with Crippen molar-refractivity contribution in [3.63, 3.8) is 0 Å². The molecule has 0 aliphatic rings. The molecule has 3 heterocycles. The first-order chi connectivity index (χ1) is 16.0. The maximum Gasteiger partial charge on any atom is 0.412 e. The van der Waals surface area contributed by atoms with Crippen LogP contribution in [0.4, 0.5) is 4.79 Å². The maximum absolute atomic E-state index is 12.5. The Bertz CT molecular complexity index is 1460. The number of benzene rings is 2. The molecule has 1 unspecified atom stereocenters. The van der Waals surface area contributed by atoms with Gasteiger partial charge in [0.1, 0.15) is 11.4 Å². The van der Waals surface area contributed by atoms with Crippen molar-refractivity contribution in [3.05, 3.63) is 71.5 Å². The molecule has 0 saturated heterocycles. The molecule has 9 heteroatoms. The molecule has 0 saturated carbocycles. The number of aromatic nitrogens is 5. The third-order valence-corrected chi connectivity index (χ3v) is 5.59. The topological polar surface area (TPSA) is 97.7 Å². The van der Waals surface area contributed by atoms with Gasteiger partial charge in [-0.15, -0.1) is 0 Å². The first kappa shape index (κ1) is 21.0. The molecule has 0 fully saturated rings. The van der Waals surface area contributed by atoms with Gasteiger partial charge in [-0.05, 0) is 37.1 Å². The van der Waals surface area contributed by atoms with E-state index in [9.17, 15) is 4.79 Å². The highest BCUT2D eigenvalue weighted by Crippen LogP contribution is 2.30. The van der Waals surface area contributed by atoms with Crippen molar-refractivity contribution in [2.24, 2.45) is 7.05 Å². The van der Waals surface area contributed by atoms with E-state index in [-0.39, 0.29) is 6.04 Å². The standard InChI is InChI=1S/C24H21ClN6O2/c1-14(10-15-6-4-3-5-7-15)28-24(32)33-20-13-27-23-22(20)29-18(12-26-23)21-17-9-8-16(25)11-19(17)31(2)30-21/h3-9,11-14H,10H2,1-2H3,(H,26,27)(H,28,32). The van der Waals surface area contributed by atoms with E-state index in [1.165, 1.54) is 0 Å². The fourth-order valence-corrected chi connectivity index (χ4v) is 4.00. The molecule has 0 radical (unpaired) electrons. The molecule has 1 atom stereocenters. The first-order valence-electron chi connectivity index (χ1n) is 10.5. The van der Waals surface area contributed by atoms with Gasteiger partial charge in [0.05, 0.1) is 11.7 Å². The Hall–Kier alpha value is -3.91. The summed E-state index contributed by atoms with van der Waals surface area (Å²) in [6, 6.07) is 15.4. The van der Waals surface area contributed by atoms with Crippen LogP contribution in [0.2, 0.25) is 5.02 Å². The van der Waals surface area contributed by atoms with Gasteiger partial charge in [0.2, 0.25) is 0 Å². The van der Waals surface area contributed by atoms with Crippen LogP contribution in [0.3, 0.4) is 0 Å². The second kappa shape index (κ2) is 8.55. The highest BCUT2D eigenvalue weighted by Gasteiger charge is 2.18. The molecule has 2 aromatic carbocycles. The average Bonchev–Trinajstić information content (AvgIpc) is 3.34. The SMILES string of the molecule is CC(Cc1ccccc1)NC(=O)Oc1c[nH]c2ncc(-c3nn(C)c4cc(Cl)ccc34)nc12. The number of nitrogens with zero attached hydrogens (tertiary/aromatic N) is 4. The molecule has 0 aliphatic carbocycles. The predicted octanol–water partition coefficient (Wildman–Crippen LogP) is 4.88. The Balaban J connectivity index is 1.38. The maximum atomic E-state index is 12.5. The zero-order valence-electron chi connectivity index (χ0n) is 18.0. The molecule has 2 N–H and O–H groups in total. The van der Waals surface area contributed by atoms with Gasteiger partial charge in [-0.25, -0.2) is 14.8 Å². The van der Waals surface area contributed by atoms with E-state index in [2.05, 4.69) is 25.4 Å². The van der Waals surface area contributed by atoms with Gasteiger partial charge in [-0.2, -0.15) is 5.10 Å². The molecule has 0 bridgehead atoms. The van der Waals surface area contributed by atoms with Crippen LogP contribution in [-0.4, -0.2) is 36.9 Å². The van der Waals surface area contributed by atoms with E-state index in [1.54, 1.807) is 17.1 Å². The average molecular weight is 461 g/mol. The molecule has 5 aromatic rings. The van der Waals surface area contributed by atoms with Gasteiger partial charge in [0.25, 0.3) is 0 Å². The van der Waals surface area contributed by atoms with Crippen LogP contribution in [0.15, 0.2) is 60.9 Å². The number of ether oxygens (including phenoxy) is 1. The monoisotopic (exact) mass is 460 g/mol. The van der Waals surface area contributed by atoms with Crippen LogP contribution >= 0.6 is 11.6 Å². The summed E-state index contributed by atoms with van der Waals surface area (Å²) in [6.45, 7) is 1.93. The molecule has 33 heavy (non-hydrogen) atoms. The van der Waals surface area contributed by atoms with Crippen molar-refractivity contribution in [1.29, 1.82) is 0 Å². The summed E-state index contributed by atoms with van der Waals surface area (Å²) in [4.78, 5) is 24.6. The highest BCUT2D eigenvalue weighted by atomic mass is 35.5. The summed E-state index contributed by atoms with van der Waals surface area (Å²) in [5.74, 6) is 0.298. The summed E-state index contributed by atoms with van der Waals surface area (Å²) in [6.07, 6.45) is 3.36. The summed E-state index contributed by atoms with van der Waals surface area (Å²) in [5, 5.41) is 8.98. The quantitative estimate of drug-likeness (QED) is 0.389. The Labute approximate surface area is 194 Å². The van der Waals surface area contributed by atoms with E-state index in [0.717, 1.165) is 16.5 Å². The van der Waals surface area contributed by atoms with Crippen LogP contribution < -0.4 is 10.1 Å². The Morgan fingerprint density at radius 2 is 2.06 bits per heavy atom. The number of fused-ring (bicyclic) bond motifs is 2. The molecule has 166 valence electrons. The number of hydrogen-bond acceptors (Lipinski definition) is 5. The van der Waals surface area contributed by atoms with E-state index >= 15 is 0 Å². The smallest absolute Gasteiger partial charge is 0.406 e. The minimum absolute atomic E-state index is 0.0986. The summed E-state index contributed by atoms with van der Waals surface area (Å²) in [5.41, 5.74) is 4.23. The van der Waals surface area contributed by atoms with Crippen molar-refractivity contribution in [2.75, 3.05) is 0 Å². The van der Waals surface area contributed by atoms with Gasteiger partial charge < -0.3 is 15.0 Å². The van der Waals surface area contributed by atoms with Crippen LogP contribution in [0, 0.1) is 0 Å². The fourth-order valence-electron chi connectivity index (χ4n) is 3.83. The molecule has 1 amide bonds. The number of carbonyl (C=O) groups excluding carboxylic acids is 1. The predicted molar refractivity (Wildman–Crippen MR) is 127 cm³/mol. The lowest BCUT2D eigenvalue weighted by molar-refractivity contribution is 0.197. The Kier molecular flexibility index (Phi) is 5.43. The number of amides is 1. The number of hydrogen-bond donors (Lipinski definition) is 2. The number of rotatable bonds is 5. The zero-order valence-corrected chi connectivity index (χ0v) is 18.8. The van der Waals surface area contributed by atoms with Crippen LogP contribution in [0.1, 0.15) is 12.5 Å². The summed E-state index contributed by atoms with van der Waals surface area (Å²) < 4.78 is 7.30.